The first-order valence-electron chi connectivity index (χ1n) is 20.9. The second-order valence-electron chi connectivity index (χ2n) is 16.8. The van der Waals surface area contributed by atoms with E-state index in [1.165, 1.54) is 65.2 Å². The summed E-state index contributed by atoms with van der Waals surface area (Å²) >= 11 is 0. The van der Waals surface area contributed by atoms with Gasteiger partial charge in [-0.05, 0) is 107 Å². The van der Waals surface area contributed by atoms with Crippen LogP contribution in [0.2, 0.25) is 0 Å². The topological polar surface area (TPSA) is 23.3 Å². The van der Waals surface area contributed by atoms with E-state index in [9.17, 15) is 0 Å². The quantitative estimate of drug-likeness (QED) is 0.0915. The van der Waals surface area contributed by atoms with Crippen molar-refractivity contribution in [2.75, 3.05) is 0 Å². The molecule has 0 saturated carbocycles. The van der Waals surface area contributed by atoms with Crippen LogP contribution in [-0.4, -0.2) is 29.2 Å². The highest BCUT2D eigenvalue weighted by atomic mass is 28.3. The summed E-state index contributed by atoms with van der Waals surface area (Å²) in [5.41, 5.74) is 13.1. The van der Waals surface area contributed by atoms with Gasteiger partial charge in [0.1, 0.15) is 33.7 Å². The summed E-state index contributed by atoms with van der Waals surface area (Å²) in [4.78, 5) is 5.50. The van der Waals surface area contributed by atoms with Crippen LogP contribution in [0.3, 0.4) is 0 Å². The Balaban J connectivity index is 0.968. The number of fused-ring (bicyclic) bond motifs is 6. The first kappa shape index (κ1) is 34.5. The highest BCUT2D eigenvalue weighted by Gasteiger charge is 2.58. The van der Waals surface area contributed by atoms with Gasteiger partial charge in [0.2, 0.25) is 0 Å². The molecule has 7 aromatic carbocycles. The summed E-state index contributed by atoms with van der Waals surface area (Å²) < 4.78 is 2.49. The molecule has 4 aliphatic rings. The van der Waals surface area contributed by atoms with Crippen molar-refractivity contribution in [1.82, 2.24) is 14.6 Å². The van der Waals surface area contributed by atoms with E-state index in [0.29, 0.717) is 0 Å². The third-order valence-electron chi connectivity index (χ3n) is 13.1. The predicted molar refractivity (Wildman–Crippen MR) is 245 cm³/mol. The van der Waals surface area contributed by atoms with Crippen molar-refractivity contribution >= 4 is 57.6 Å². The molecule has 0 spiro atoms. The van der Waals surface area contributed by atoms with Crippen molar-refractivity contribution in [3.8, 4) is 5.69 Å². The Labute approximate surface area is 347 Å². The van der Waals surface area contributed by atoms with Gasteiger partial charge in [0.05, 0.1) is 11.0 Å². The molecule has 1 saturated heterocycles. The zero-order chi connectivity index (χ0) is 39.2. The Morgan fingerprint density at radius 1 is 0.610 bits per heavy atom. The van der Waals surface area contributed by atoms with Crippen LogP contribution in [0.4, 0.5) is 0 Å². The van der Waals surface area contributed by atoms with Gasteiger partial charge in [-0.1, -0.05) is 141 Å². The monoisotopic (exact) mass is 775 g/mol. The van der Waals surface area contributed by atoms with Crippen LogP contribution < -0.4 is 15.6 Å². The van der Waals surface area contributed by atoms with Crippen molar-refractivity contribution in [2.45, 2.75) is 44.4 Å². The first-order valence-corrected chi connectivity index (χ1v) is 22.4. The number of nitrogens with zero attached hydrogens (tertiary/aromatic N) is 4. The number of hydrogen-bond donors (Lipinski definition) is 0. The molecular formula is C54H43N4Si+. The molecule has 12 rings (SSSR count). The van der Waals surface area contributed by atoms with Gasteiger partial charge in [-0.2, -0.15) is 5.01 Å². The molecule has 3 unspecified atom stereocenters. The number of aromatic nitrogens is 1. The molecule has 0 bridgehead atoms. The summed E-state index contributed by atoms with van der Waals surface area (Å²) in [6.07, 6.45) is 6.95. The number of hydrazine groups is 1. The first-order chi connectivity index (χ1) is 29.0. The summed E-state index contributed by atoms with van der Waals surface area (Å²) in [5.74, 6) is 1.01. The van der Waals surface area contributed by atoms with Gasteiger partial charge >= 0.3 is 8.80 Å². The van der Waals surface area contributed by atoms with Gasteiger partial charge < -0.3 is 4.57 Å². The van der Waals surface area contributed by atoms with Crippen LogP contribution in [-0.2, 0) is 5.41 Å². The number of benzene rings is 7. The largest absolute Gasteiger partial charge is 0.428 e. The second kappa shape index (κ2) is 13.2. The molecule has 8 aromatic rings. The van der Waals surface area contributed by atoms with Crippen LogP contribution in [0.5, 0.6) is 0 Å². The van der Waals surface area contributed by atoms with Crippen molar-refractivity contribution < 1.29 is 0 Å². The zero-order valence-electron chi connectivity index (χ0n) is 33.3. The highest BCUT2D eigenvalue weighted by molar-refractivity contribution is 6.95. The van der Waals surface area contributed by atoms with Gasteiger partial charge in [-0.15, -0.1) is 0 Å². The molecule has 0 radical (unpaired) electrons. The standard InChI is InChI=1S/C54H43N4Si/c1-54(2)47-30-14-12-28-43(47)45-34-46-44-29-13-15-31-49(44)56(50(46)35-48(45)54)39-22-16-20-37(32-39)52-55-51(36-18-6-3-7-19-36)57-53(58(52)57)38-21-17-27-42(33-38)59(40-23-8-4-9-24-40)41-25-10-5-11-26-41/h3-13,15-29,31-35,51,53H,14,30H2,1-2H3/q+1. The zero-order valence-corrected chi connectivity index (χ0v) is 34.3. The fourth-order valence-corrected chi connectivity index (χ4v) is 13.0. The molecule has 5 heteroatoms. The normalized spacial score (nSPS) is 19.8. The summed E-state index contributed by atoms with van der Waals surface area (Å²) in [7, 11) is -1.22. The minimum absolute atomic E-state index is 0.00313. The Morgan fingerprint density at radius 3 is 2.07 bits per heavy atom. The van der Waals surface area contributed by atoms with E-state index < -0.39 is 8.80 Å². The number of para-hydroxylation sites is 1. The molecule has 4 nitrogen and oxygen atoms in total. The maximum Gasteiger partial charge on any atom is 0.428 e. The highest BCUT2D eigenvalue weighted by Crippen LogP contribution is 2.55. The van der Waals surface area contributed by atoms with E-state index in [0.717, 1.165) is 29.9 Å². The van der Waals surface area contributed by atoms with Crippen molar-refractivity contribution in [2.24, 2.45) is 4.99 Å². The number of allylic oxidation sites excluding steroid dienone is 4. The average molecular weight is 776 g/mol. The molecule has 3 heterocycles. The van der Waals surface area contributed by atoms with Crippen LogP contribution in [0.25, 0.3) is 33.1 Å². The lowest BCUT2D eigenvalue weighted by atomic mass is 9.78. The number of aliphatic imine (C=N–C) groups is 1. The van der Waals surface area contributed by atoms with E-state index in [1.54, 1.807) is 5.57 Å². The second-order valence-corrected chi connectivity index (χ2v) is 19.3. The van der Waals surface area contributed by atoms with E-state index in [-0.39, 0.29) is 17.7 Å². The summed E-state index contributed by atoms with van der Waals surface area (Å²) in [5, 5.41) is 11.7. The van der Waals surface area contributed by atoms with Crippen LogP contribution in [0.15, 0.2) is 199 Å². The van der Waals surface area contributed by atoms with E-state index in [1.807, 2.05) is 0 Å². The fourth-order valence-electron chi connectivity index (χ4n) is 10.4. The van der Waals surface area contributed by atoms with Crippen molar-refractivity contribution in [1.29, 1.82) is 0 Å². The molecule has 59 heavy (non-hydrogen) atoms. The molecule has 282 valence electrons. The molecular weight excluding hydrogens is 733 g/mol. The Morgan fingerprint density at radius 2 is 1.29 bits per heavy atom. The minimum Gasteiger partial charge on any atom is -0.309 e. The van der Waals surface area contributed by atoms with Gasteiger partial charge in [0.25, 0.3) is 0 Å². The summed E-state index contributed by atoms with van der Waals surface area (Å²) in [6, 6.07) is 65.2. The van der Waals surface area contributed by atoms with E-state index in [2.05, 4.69) is 217 Å². The van der Waals surface area contributed by atoms with E-state index in [4.69, 9.17) is 4.99 Å². The van der Waals surface area contributed by atoms with Gasteiger partial charge in [0, 0.05) is 27.4 Å². The Bertz CT molecular complexity index is 3010. The van der Waals surface area contributed by atoms with Crippen LogP contribution >= 0.6 is 0 Å². The molecule has 3 atom stereocenters. The lowest BCUT2D eigenvalue weighted by Crippen LogP contribution is -2.52. The van der Waals surface area contributed by atoms with Crippen LogP contribution in [0, 0.1) is 0 Å². The molecule has 0 N–H and O–H groups in total. The number of hydrogen-bond acceptors (Lipinski definition) is 3. The lowest BCUT2D eigenvalue weighted by molar-refractivity contribution is 0.341. The lowest BCUT2D eigenvalue weighted by Gasteiger charge is -2.25. The van der Waals surface area contributed by atoms with Gasteiger partial charge in [-0.25, -0.2) is 4.99 Å². The third kappa shape index (κ3) is 5.35. The van der Waals surface area contributed by atoms with E-state index >= 15 is 0 Å². The van der Waals surface area contributed by atoms with Gasteiger partial charge in [-0.3, -0.25) is 5.01 Å². The maximum absolute atomic E-state index is 5.50. The predicted octanol–water partition coefficient (Wildman–Crippen LogP) is 10.4. The SMILES string of the molecule is CC1(C)C2=C(C=CCC2)c2cc3c4ccccc4n(-c4cccc(C5=NC(c6ccccc6)N6C(c7cccc([Si+](c8ccccc8)c8ccccc8)c7)N56)c4)c3cc21. The smallest absolute Gasteiger partial charge is 0.309 e. The Hall–Kier alpha value is -6.53. The number of amidine groups is 1. The molecule has 0 amide bonds. The Kier molecular flexibility index (Phi) is 7.75. The molecule has 2 aliphatic heterocycles. The van der Waals surface area contributed by atoms with Gasteiger partial charge in [0.15, 0.2) is 0 Å². The molecule has 1 fully saturated rings. The third-order valence-corrected chi connectivity index (χ3v) is 15.9. The van der Waals surface area contributed by atoms with Crippen molar-refractivity contribution in [3.05, 3.63) is 221 Å². The average Bonchev–Trinajstić information content (AvgIpc) is 3.64. The number of rotatable bonds is 7. The van der Waals surface area contributed by atoms with Crippen LogP contribution in [0.1, 0.15) is 66.8 Å². The maximum atomic E-state index is 5.50. The fraction of sp³-hybridized carbons (Fsp3) is 0.130. The minimum atomic E-state index is -1.22. The molecule has 1 aromatic heterocycles. The van der Waals surface area contributed by atoms with Crippen molar-refractivity contribution in [3.63, 3.8) is 0 Å². The summed E-state index contributed by atoms with van der Waals surface area (Å²) in [6.45, 7) is 4.84. The molecule has 2 aliphatic carbocycles.